The maximum atomic E-state index is 2.46. The van der Waals surface area contributed by atoms with Gasteiger partial charge in [-0.15, -0.1) is 0 Å². The van der Waals surface area contributed by atoms with E-state index in [0.717, 1.165) is 6.42 Å². The average Bonchev–Trinajstić information content (AvgIpc) is 2.46. The van der Waals surface area contributed by atoms with Crippen LogP contribution in [0.25, 0.3) is 11.6 Å². The molecule has 4 rings (SSSR count). The van der Waals surface area contributed by atoms with E-state index in [1.54, 1.807) is 0 Å². The highest BCUT2D eigenvalue weighted by Crippen LogP contribution is 2.49. The molecule has 0 N–H and O–H groups in total. The number of hydrogen-bond donors (Lipinski definition) is 0. The molecule has 0 heteroatoms. The summed E-state index contributed by atoms with van der Waals surface area (Å²) in [6.45, 7) is 2.26. The summed E-state index contributed by atoms with van der Waals surface area (Å²) in [5, 5.41) is 2.75. The van der Waals surface area contributed by atoms with Gasteiger partial charge in [0.25, 0.3) is 0 Å². The van der Waals surface area contributed by atoms with Gasteiger partial charge < -0.3 is 0 Å². The molecule has 1 spiro atoms. The second-order valence-corrected chi connectivity index (χ2v) is 5.52. The van der Waals surface area contributed by atoms with Crippen molar-refractivity contribution < 1.29 is 0 Å². The third kappa shape index (κ3) is 1.34. The van der Waals surface area contributed by atoms with E-state index in [9.17, 15) is 0 Å². The lowest BCUT2D eigenvalue weighted by atomic mass is 9.63. The van der Waals surface area contributed by atoms with Gasteiger partial charge >= 0.3 is 0 Å². The van der Waals surface area contributed by atoms with Gasteiger partial charge in [0.05, 0.1) is 0 Å². The van der Waals surface area contributed by atoms with E-state index in [0.29, 0.717) is 0 Å². The van der Waals surface area contributed by atoms with Gasteiger partial charge in [-0.25, -0.2) is 0 Å². The van der Waals surface area contributed by atoms with Crippen LogP contribution in [-0.4, -0.2) is 0 Å². The minimum atomic E-state index is 0.0714. The Morgan fingerprint density at radius 3 is 2.89 bits per heavy atom. The first-order valence-corrected chi connectivity index (χ1v) is 6.87. The molecule has 0 radical (unpaired) electrons. The van der Waals surface area contributed by atoms with Crippen molar-refractivity contribution >= 4 is 11.6 Å². The molecule has 0 nitrogen and oxygen atoms in total. The molecule has 0 heterocycles. The lowest BCUT2D eigenvalue weighted by molar-refractivity contribution is 0.608. The van der Waals surface area contributed by atoms with E-state index < -0.39 is 0 Å². The molecular weight excluding hydrogens is 228 g/mol. The smallest absolute Gasteiger partial charge is 0.0428 e. The Bertz CT molecular complexity index is 797. The molecular formula is C19H16. The summed E-state index contributed by atoms with van der Waals surface area (Å²) in [4.78, 5) is 0. The molecule has 3 aliphatic rings. The van der Waals surface area contributed by atoms with E-state index in [1.165, 1.54) is 27.2 Å². The molecule has 92 valence electrons. The third-order valence-corrected chi connectivity index (χ3v) is 4.56. The predicted molar refractivity (Wildman–Crippen MR) is 80.7 cm³/mol. The molecule has 0 amide bonds. The summed E-state index contributed by atoms with van der Waals surface area (Å²) < 4.78 is 0. The second kappa shape index (κ2) is 3.71. The van der Waals surface area contributed by atoms with Crippen LogP contribution in [0.3, 0.4) is 0 Å². The minimum Gasteiger partial charge on any atom is -0.0830 e. The monoisotopic (exact) mass is 244 g/mol. The van der Waals surface area contributed by atoms with E-state index in [4.69, 9.17) is 0 Å². The lowest BCUT2D eigenvalue weighted by Crippen LogP contribution is -2.39. The summed E-state index contributed by atoms with van der Waals surface area (Å²) in [7, 11) is 0. The van der Waals surface area contributed by atoms with Crippen LogP contribution in [0.15, 0.2) is 71.9 Å². The van der Waals surface area contributed by atoms with Gasteiger partial charge in [0.15, 0.2) is 0 Å². The first kappa shape index (κ1) is 10.8. The maximum absolute atomic E-state index is 2.46. The minimum absolute atomic E-state index is 0.0714. The van der Waals surface area contributed by atoms with Gasteiger partial charge in [-0.05, 0) is 40.5 Å². The fraction of sp³-hybridized carbons (Fsp3) is 0.158. The second-order valence-electron chi connectivity index (χ2n) is 5.52. The Balaban J connectivity index is 2.14. The third-order valence-electron chi connectivity index (χ3n) is 4.56. The summed E-state index contributed by atoms with van der Waals surface area (Å²) in [5.41, 5.74) is 4.37. The molecule has 1 atom stereocenters. The zero-order valence-electron chi connectivity index (χ0n) is 11.1. The Kier molecular flexibility index (Phi) is 2.11. The van der Waals surface area contributed by atoms with Crippen molar-refractivity contribution in [1.82, 2.24) is 0 Å². The van der Waals surface area contributed by atoms with E-state index in [-0.39, 0.29) is 5.41 Å². The lowest BCUT2D eigenvalue weighted by Gasteiger charge is -2.40. The number of fused-ring (bicyclic) bond motifs is 1. The van der Waals surface area contributed by atoms with Crippen LogP contribution in [0, 0.1) is 5.41 Å². The highest BCUT2D eigenvalue weighted by Gasteiger charge is 2.38. The van der Waals surface area contributed by atoms with Gasteiger partial charge in [-0.1, -0.05) is 66.8 Å². The largest absolute Gasteiger partial charge is 0.0830 e. The van der Waals surface area contributed by atoms with Crippen molar-refractivity contribution in [2.24, 2.45) is 5.41 Å². The molecule has 1 aromatic rings. The quantitative estimate of drug-likeness (QED) is 0.658. The molecule has 0 aliphatic heterocycles. The summed E-state index contributed by atoms with van der Waals surface area (Å²) in [6, 6.07) is 8.73. The van der Waals surface area contributed by atoms with Crippen LogP contribution in [0.4, 0.5) is 0 Å². The number of allylic oxidation sites excluding steroid dienone is 8. The Morgan fingerprint density at radius 2 is 1.95 bits per heavy atom. The van der Waals surface area contributed by atoms with Gasteiger partial charge in [-0.2, -0.15) is 0 Å². The van der Waals surface area contributed by atoms with E-state index >= 15 is 0 Å². The Morgan fingerprint density at radius 1 is 1.05 bits per heavy atom. The predicted octanol–water partition coefficient (Wildman–Crippen LogP) is 3.02. The normalized spacial score (nSPS) is 26.7. The fourth-order valence-electron chi connectivity index (χ4n) is 3.61. The number of benzene rings is 1. The van der Waals surface area contributed by atoms with Crippen molar-refractivity contribution in [1.29, 1.82) is 0 Å². The Labute approximate surface area is 113 Å². The topological polar surface area (TPSA) is 0 Å². The van der Waals surface area contributed by atoms with Crippen molar-refractivity contribution in [2.75, 3.05) is 0 Å². The standard InChI is InChI=1S/C19H16/c1-14-17-10-3-2-7-15(17)13-19-12-5-4-8-16(19)9-6-11-18(14)19/h2-11,13H,12H2,1H3. The van der Waals surface area contributed by atoms with E-state index in [2.05, 4.69) is 73.7 Å². The summed E-state index contributed by atoms with van der Waals surface area (Å²) in [6.07, 6.45) is 17.0. The zero-order chi connectivity index (χ0) is 12.9. The van der Waals surface area contributed by atoms with Crippen molar-refractivity contribution in [3.63, 3.8) is 0 Å². The summed E-state index contributed by atoms with van der Waals surface area (Å²) >= 11 is 0. The van der Waals surface area contributed by atoms with Crippen LogP contribution in [-0.2, 0) is 0 Å². The molecule has 1 unspecified atom stereocenters. The van der Waals surface area contributed by atoms with Crippen LogP contribution in [0.2, 0.25) is 0 Å². The highest BCUT2D eigenvalue weighted by atomic mass is 14.4. The first-order chi connectivity index (χ1) is 9.31. The van der Waals surface area contributed by atoms with Crippen LogP contribution in [0.5, 0.6) is 0 Å². The Hall–Kier alpha value is -2.08. The fourth-order valence-corrected chi connectivity index (χ4v) is 3.61. The van der Waals surface area contributed by atoms with Crippen LogP contribution >= 0.6 is 0 Å². The average molecular weight is 244 g/mol. The van der Waals surface area contributed by atoms with Crippen LogP contribution in [0.1, 0.15) is 13.3 Å². The molecule has 0 saturated heterocycles. The molecule has 0 saturated carbocycles. The van der Waals surface area contributed by atoms with Crippen molar-refractivity contribution in [3.8, 4) is 0 Å². The van der Waals surface area contributed by atoms with Crippen molar-refractivity contribution in [3.05, 3.63) is 82.3 Å². The van der Waals surface area contributed by atoms with Gasteiger partial charge in [0, 0.05) is 5.41 Å². The molecule has 0 aromatic heterocycles. The molecule has 1 aromatic carbocycles. The van der Waals surface area contributed by atoms with Gasteiger partial charge in [0.2, 0.25) is 0 Å². The highest BCUT2D eigenvalue weighted by molar-refractivity contribution is 5.78. The van der Waals surface area contributed by atoms with Gasteiger partial charge in [0.1, 0.15) is 0 Å². The van der Waals surface area contributed by atoms with Crippen LogP contribution < -0.4 is 10.4 Å². The van der Waals surface area contributed by atoms with E-state index in [1.807, 2.05) is 0 Å². The van der Waals surface area contributed by atoms with Gasteiger partial charge in [-0.3, -0.25) is 0 Å². The SMILES string of the molecule is CC1=c2ccccc2=CC23CC=CC=C2C=CC=C13. The summed E-state index contributed by atoms with van der Waals surface area (Å²) in [5.74, 6) is 0. The first-order valence-electron chi connectivity index (χ1n) is 6.87. The molecule has 19 heavy (non-hydrogen) atoms. The maximum Gasteiger partial charge on any atom is 0.0428 e. The number of hydrogen-bond acceptors (Lipinski definition) is 0. The zero-order valence-corrected chi connectivity index (χ0v) is 11.1. The molecule has 0 fully saturated rings. The molecule has 3 aliphatic carbocycles. The molecule has 0 bridgehead atoms. The van der Waals surface area contributed by atoms with Crippen molar-refractivity contribution in [2.45, 2.75) is 13.3 Å². The number of rotatable bonds is 0.